The first kappa shape index (κ1) is 22.6. The minimum absolute atomic E-state index is 0.0504. The van der Waals surface area contributed by atoms with E-state index in [2.05, 4.69) is 120 Å². The summed E-state index contributed by atoms with van der Waals surface area (Å²) in [5.41, 5.74) is 8.24. The smallest absolute Gasteiger partial charge is 0.0491 e. The summed E-state index contributed by atoms with van der Waals surface area (Å²) in [6.45, 7) is 11.0. The van der Waals surface area contributed by atoms with Gasteiger partial charge in [-0.05, 0) is 81.1 Å². The highest BCUT2D eigenvalue weighted by molar-refractivity contribution is 6.09. The van der Waals surface area contributed by atoms with Crippen LogP contribution in [0.1, 0.15) is 44.7 Å². The number of benzene rings is 4. The molecule has 3 nitrogen and oxygen atoms in total. The van der Waals surface area contributed by atoms with E-state index in [0.717, 1.165) is 39.0 Å². The van der Waals surface area contributed by atoms with Crippen molar-refractivity contribution in [2.75, 3.05) is 0 Å². The Bertz CT molecular complexity index is 1650. The molecule has 0 unspecified atom stereocenters. The Morgan fingerprint density at radius 2 is 0.946 bits per heavy atom. The van der Waals surface area contributed by atoms with Crippen molar-refractivity contribution in [1.82, 2.24) is 14.0 Å². The monoisotopic (exact) mass is 485 g/mol. The number of fused-ring (bicyclic) bond motifs is 3. The topological polar surface area (TPSA) is 13.1 Å². The molecule has 5 heterocycles. The first-order valence-corrected chi connectivity index (χ1v) is 13.7. The van der Waals surface area contributed by atoms with Gasteiger partial charge in [0.25, 0.3) is 0 Å². The third-order valence-electron chi connectivity index (χ3n) is 8.38. The molecule has 9 rings (SSSR count). The van der Waals surface area contributed by atoms with Gasteiger partial charge in [-0.3, -0.25) is 4.90 Å². The van der Waals surface area contributed by atoms with Gasteiger partial charge in [-0.15, -0.1) is 0 Å². The van der Waals surface area contributed by atoms with Gasteiger partial charge >= 0.3 is 0 Å². The number of aromatic nitrogens is 2. The van der Waals surface area contributed by atoms with Crippen LogP contribution >= 0.6 is 0 Å². The number of rotatable bonds is 0. The van der Waals surface area contributed by atoms with E-state index in [0.29, 0.717) is 0 Å². The highest BCUT2D eigenvalue weighted by Crippen LogP contribution is 2.34. The van der Waals surface area contributed by atoms with Crippen LogP contribution in [0.15, 0.2) is 84.9 Å². The fraction of sp³-hybridized carbons (Fsp3) is 0.294. The third-order valence-corrected chi connectivity index (χ3v) is 8.38. The summed E-state index contributed by atoms with van der Waals surface area (Å²) in [7, 11) is 0. The van der Waals surface area contributed by atoms with Crippen LogP contribution in [0.4, 0.5) is 0 Å². The molecule has 8 bridgehead atoms. The van der Waals surface area contributed by atoms with E-state index < -0.39 is 0 Å². The summed E-state index contributed by atoms with van der Waals surface area (Å²) in [5, 5.41) is 5.51. The number of nitrogens with zero attached hydrogens (tertiary/aromatic N) is 3. The zero-order valence-electron chi connectivity index (χ0n) is 22.2. The molecule has 0 aliphatic carbocycles. The zero-order valence-corrected chi connectivity index (χ0v) is 22.2. The lowest BCUT2D eigenvalue weighted by molar-refractivity contribution is 0.119. The molecule has 6 aromatic rings. The van der Waals surface area contributed by atoms with Crippen molar-refractivity contribution in [1.29, 1.82) is 0 Å². The van der Waals surface area contributed by atoms with E-state index >= 15 is 0 Å². The second-order valence-electron chi connectivity index (χ2n) is 11.8. The van der Waals surface area contributed by atoms with Crippen LogP contribution in [0.3, 0.4) is 0 Å². The van der Waals surface area contributed by atoms with E-state index in [9.17, 15) is 0 Å². The molecule has 2 aromatic heterocycles. The molecule has 37 heavy (non-hydrogen) atoms. The SMILES string of the molecule is CC(C)(C)N1Cc2ccc3c(c2)c2ccccc2n3CCCCn2c3ccccc3c3cc(ccc32)C1. The molecular weight excluding hydrogens is 450 g/mol. The van der Waals surface area contributed by atoms with Crippen molar-refractivity contribution in [3.63, 3.8) is 0 Å². The lowest BCUT2D eigenvalue weighted by atomic mass is 10.0. The standard InChI is InChI=1S/C34H35N3/c1-34(2,3)35-22-24-14-16-32-28(20-24)26-10-4-6-12-30(26)36(32)18-8-9-19-37-31-13-7-5-11-27(31)29-21-25(23-35)15-17-33(29)37/h4-7,10-17,20-21H,8-9,18-19,22-23H2,1-3H3. The summed E-state index contributed by atoms with van der Waals surface area (Å²) in [4.78, 5) is 2.62. The molecule has 0 saturated carbocycles. The highest BCUT2D eigenvalue weighted by Gasteiger charge is 2.23. The lowest BCUT2D eigenvalue weighted by Gasteiger charge is -2.36. The minimum Gasteiger partial charge on any atom is -0.340 e. The van der Waals surface area contributed by atoms with Gasteiger partial charge in [-0.25, -0.2) is 0 Å². The maximum Gasteiger partial charge on any atom is 0.0491 e. The van der Waals surface area contributed by atoms with Gasteiger partial charge in [0.2, 0.25) is 0 Å². The van der Waals surface area contributed by atoms with Crippen molar-refractivity contribution < 1.29 is 0 Å². The normalized spacial score (nSPS) is 15.8. The second kappa shape index (κ2) is 8.49. The number of hydrogen-bond donors (Lipinski definition) is 0. The molecule has 3 aliphatic heterocycles. The van der Waals surface area contributed by atoms with Crippen LogP contribution < -0.4 is 0 Å². The lowest BCUT2D eigenvalue weighted by Crippen LogP contribution is -2.40. The molecule has 0 radical (unpaired) electrons. The average molecular weight is 486 g/mol. The van der Waals surface area contributed by atoms with Crippen LogP contribution in [-0.2, 0) is 26.2 Å². The van der Waals surface area contributed by atoms with Gasteiger partial charge in [0.1, 0.15) is 0 Å². The molecule has 0 amide bonds. The molecule has 4 aromatic carbocycles. The highest BCUT2D eigenvalue weighted by atomic mass is 15.2. The number of hydrogen-bond acceptors (Lipinski definition) is 1. The van der Waals surface area contributed by atoms with Crippen LogP contribution in [0.2, 0.25) is 0 Å². The van der Waals surface area contributed by atoms with Crippen LogP contribution in [-0.4, -0.2) is 19.6 Å². The summed E-state index contributed by atoms with van der Waals surface area (Å²) >= 11 is 0. The molecule has 3 heteroatoms. The van der Waals surface area contributed by atoms with E-state index in [1.807, 2.05) is 0 Å². The van der Waals surface area contributed by atoms with Crippen molar-refractivity contribution >= 4 is 43.6 Å². The van der Waals surface area contributed by atoms with Crippen LogP contribution in [0, 0.1) is 0 Å². The fourth-order valence-corrected chi connectivity index (χ4v) is 6.39. The Morgan fingerprint density at radius 3 is 1.41 bits per heavy atom. The Hall–Kier alpha value is -3.56. The largest absolute Gasteiger partial charge is 0.340 e. The maximum atomic E-state index is 2.62. The first-order chi connectivity index (χ1) is 18.0. The predicted molar refractivity (Wildman–Crippen MR) is 157 cm³/mol. The Kier molecular flexibility index (Phi) is 5.19. The van der Waals surface area contributed by atoms with Gasteiger partial charge in [0.05, 0.1) is 0 Å². The molecule has 0 saturated heterocycles. The van der Waals surface area contributed by atoms with Gasteiger partial charge in [0.15, 0.2) is 0 Å². The van der Waals surface area contributed by atoms with E-state index in [1.165, 1.54) is 54.7 Å². The quantitative estimate of drug-likeness (QED) is 0.210. The molecule has 3 aliphatic rings. The summed E-state index contributed by atoms with van der Waals surface area (Å²) in [5.74, 6) is 0. The van der Waals surface area contributed by atoms with Gasteiger partial charge < -0.3 is 9.13 Å². The first-order valence-electron chi connectivity index (χ1n) is 13.7. The van der Waals surface area contributed by atoms with Crippen molar-refractivity contribution in [3.8, 4) is 0 Å². The Morgan fingerprint density at radius 1 is 0.514 bits per heavy atom. The van der Waals surface area contributed by atoms with Gasteiger partial charge in [0, 0.05) is 75.3 Å². The Labute approximate surface area is 218 Å². The number of para-hydroxylation sites is 2. The Balaban J connectivity index is 1.42. The summed E-state index contributed by atoms with van der Waals surface area (Å²) < 4.78 is 5.09. The molecule has 186 valence electrons. The van der Waals surface area contributed by atoms with Gasteiger partial charge in [-0.2, -0.15) is 0 Å². The average Bonchev–Trinajstić information content (AvgIpc) is 3.38. The third kappa shape index (κ3) is 3.76. The second-order valence-corrected chi connectivity index (χ2v) is 11.8. The molecule has 0 fully saturated rings. The maximum absolute atomic E-state index is 2.62. The van der Waals surface area contributed by atoms with Gasteiger partial charge in [-0.1, -0.05) is 48.5 Å². The summed E-state index contributed by atoms with van der Waals surface area (Å²) in [6, 6.07) is 32.2. The fourth-order valence-electron chi connectivity index (χ4n) is 6.39. The summed E-state index contributed by atoms with van der Waals surface area (Å²) in [6.07, 6.45) is 2.30. The van der Waals surface area contributed by atoms with E-state index in [4.69, 9.17) is 0 Å². The van der Waals surface area contributed by atoms with Crippen molar-refractivity contribution in [2.45, 2.75) is 65.3 Å². The van der Waals surface area contributed by atoms with E-state index in [1.54, 1.807) is 0 Å². The number of aryl methyl sites for hydroxylation is 2. The van der Waals surface area contributed by atoms with Crippen molar-refractivity contribution in [3.05, 3.63) is 96.1 Å². The minimum atomic E-state index is 0.0504. The molecular formula is C34H35N3. The molecule has 0 spiro atoms. The van der Waals surface area contributed by atoms with Crippen LogP contribution in [0.5, 0.6) is 0 Å². The van der Waals surface area contributed by atoms with E-state index in [-0.39, 0.29) is 5.54 Å². The molecule has 0 atom stereocenters. The van der Waals surface area contributed by atoms with Crippen molar-refractivity contribution in [2.24, 2.45) is 0 Å². The van der Waals surface area contributed by atoms with Crippen LogP contribution in [0.25, 0.3) is 43.6 Å². The zero-order chi connectivity index (χ0) is 25.1. The molecule has 0 N–H and O–H groups in total. The predicted octanol–water partition coefficient (Wildman–Crippen LogP) is 8.50.